The molecular formula is C22H25N11. The van der Waals surface area contributed by atoms with E-state index in [-0.39, 0.29) is 6.04 Å². The molecule has 0 bridgehead atoms. The Morgan fingerprint density at radius 1 is 1.03 bits per heavy atom. The molecule has 2 atom stereocenters. The first-order valence-electron chi connectivity index (χ1n) is 10.8. The van der Waals surface area contributed by atoms with E-state index in [0.717, 1.165) is 52.7 Å². The second-order valence-corrected chi connectivity index (χ2v) is 7.99. The maximum absolute atomic E-state index is 6.21. The van der Waals surface area contributed by atoms with Crippen LogP contribution in [-0.2, 0) is 0 Å². The van der Waals surface area contributed by atoms with Crippen LogP contribution in [0.4, 0.5) is 0 Å². The van der Waals surface area contributed by atoms with Gasteiger partial charge in [-0.25, -0.2) is 14.6 Å². The number of nitrogens with two attached hydrogens (primary N) is 2. The third-order valence-electron chi connectivity index (χ3n) is 5.84. The summed E-state index contributed by atoms with van der Waals surface area (Å²) in [4.78, 5) is 12.2. The largest absolute Gasteiger partial charge is 0.339 e. The van der Waals surface area contributed by atoms with E-state index in [2.05, 4.69) is 40.8 Å². The normalized spacial score (nSPS) is 17.1. The number of aromatic nitrogens is 6. The smallest absolute Gasteiger partial charge is 0.154 e. The maximum Gasteiger partial charge on any atom is 0.154 e. The van der Waals surface area contributed by atoms with E-state index in [9.17, 15) is 0 Å². The van der Waals surface area contributed by atoms with Crippen LogP contribution >= 0.6 is 0 Å². The first-order valence-corrected chi connectivity index (χ1v) is 10.8. The molecule has 168 valence electrons. The Labute approximate surface area is 190 Å². The summed E-state index contributed by atoms with van der Waals surface area (Å²) < 4.78 is 1.50. The quantitative estimate of drug-likeness (QED) is 0.202. The fourth-order valence-corrected chi connectivity index (χ4v) is 4.05. The van der Waals surface area contributed by atoms with E-state index < -0.39 is 0 Å². The summed E-state index contributed by atoms with van der Waals surface area (Å²) in [5.41, 5.74) is 5.04. The van der Waals surface area contributed by atoms with Gasteiger partial charge in [0.2, 0.25) is 0 Å². The molecule has 1 saturated heterocycles. The highest BCUT2D eigenvalue weighted by Crippen LogP contribution is 2.27. The summed E-state index contributed by atoms with van der Waals surface area (Å²) >= 11 is 0. The number of nitrogens with one attached hydrogen (secondary N) is 2. The average molecular weight is 444 g/mol. The first-order chi connectivity index (χ1) is 16.1. The molecule has 1 fully saturated rings. The summed E-state index contributed by atoms with van der Waals surface area (Å²) in [5.74, 6) is 12.9. The van der Waals surface area contributed by atoms with Gasteiger partial charge in [0, 0.05) is 11.1 Å². The molecule has 1 aliphatic heterocycles. The Bertz CT molecular complexity index is 1250. The minimum Gasteiger partial charge on any atom is -0.339 e. The van der Waals surface area contributed by atoms with Crippen molar-refractivity contribution in [1.29, 1.82) is 0 Å². The van der Waals surface area contributed by atoms with Crippen LogP contribution in [-0.4, -0.2) is 36.4 Å². The summed E-state index contributed by atoms with van der Waals surface area (Å²) in [6.45, 7) is 2.86. The van der Waals surface area contributed by atoms with Crippen LogP contribution in [0, 0.1) is 0 Å². The number of nitrogens with zero attached hydrogens (tertiary/aromatic N) is 7. The molecule has 11 heteroatoms. The highest BCUT2D eigenvalue weighted by molar-refractivity contribution is 5.67. The Hall–Kier alpha value is -4.12. The average Bonchev–Trinajstić information content (AvgIpc) is 3.60. The van der Waals surface area contributed by atoms with E-state index in [1.807, 2.05) is 49.5 Å². The van der Waals surface area contributed by atoms with Crippen LogP contribution in [0.15, 0.2) is 59.1 Å². The van der Waals surface area contributed by atoms with Gasteiger partial charge < -0.3 is 22.0 Å². The van der Waals surface area contributed by atoms with E-state index in [1.54, 1.807) is 6.20 Å². The number of imidazole rings is 2. The summed E-state index contributed by atoms with van der Waals surface area (Å²) in [5, 5.41) is 19.4. The van der Waals surface area contributed by atoms with Crippen LogP contribution < -0.4 is 17.0 Å². The van der Waals surface area contributed by atoms with Gasteiger partial charge in [-0.05, 0) is 38.4 Å². The van der Waals surface area contributed by atoms with Crippen LogP contribution in [0.3, 0.4) is 0 Å². The molecule has 0 radical (unpaired) electrons. The monoisotopic (exact) mass is 443 g/mol. The minimum absolute atomic E-state index is 0.290. The van der Waals surface area contributed by atoms with Crippen LogP contribution in [0.5, 0.6) is 0 Å². The molecule has 0 saturated carbocycles. The molecule has 11 nitrogen and oxygen atoms in total. The number of nitrogen functional groups attached to an aromatic ring is 1. The number of hydrogen-bond acceptors (Lipinski definition) is 8. The second kappa shape index (κ2) is 8.79. The fraction of sp³-hybridized carbons (Fsp3) is 0.273. The summed E-state index contributed by atoms with van der Waals surface area (Å²) in [6, 6.07) is 11.8. The second-order valence-electron chi connectivity index (χ2n) is 7.99. The predicted octanol–water partition coefficient (Wildman–Crippen LogP) is 2.92. The standard InChI is InChI=1S/C22H25N11/c1-13(29-32-23)22-27-12-20(33(22)24)15-6-4-14(5-7-15)16-8-9-17(31-30-16)19-11-26-21(28-19)18-3-2-10-25-18/h4-9,11-13,18,25H,2-3,10,24H2,1H3,(H2,23,29)(H,26,28)/t13-,18-/m0/s1. The third-order valence-corrected chi connectivity index (χ3v) is 5.84. The van der Waals surface area contributed by atoms with Gasteiger partial charge in [-0.1, -0.05) is 29.5 Å². The van der Waals surface area contributed by atoms with Crippen molar-refractivity contribution in [3.8, 4) is 33.9 Å². The lowest BCUT2D eigenvalue weighted by Crippen LogP contribution is -2.15. The SMILES string of the molecule is C[C@H](N=NN)c1ncc(-c2ccc(-c3ccc(-c4cnc([C@@H]5CCCN5)[nH]4)nn3)cc2)n1N. The number of hydrogen-bond donors (Lipinski definition) is 4. The van der Waals surface area contributed by atoms with Gasteiger partial charge in [-0.3, -0.25) is 0 Å². The molecule has 5 rings (SSSR count). The van der Waals surface area contributed by atoms with Crippen molar-refractivity contribution in [3.05, 3.63) is 60.4 Å². The Morgan fingerprint density at radius 3 is 2.48 bits per heavy atom. The summed E-state index contributed by atoms with van der Waals surface area (Å²) in [7, 11) is 0. The lowest BCUT2D eigenvalue weighted by Gasteiger charge is -2.08. The zero-order valence-electron chi connectivity index (χ0n) is 18.2. The highest BCUT2D eigenvalue weighted by Gasteiger charge is 2.19. The highest BCUT2D eigenvalue weighted by atomic mass is 15.4. The van der Waals surface area contributed by atoms with Crippen LogP contribution in [0.1, 0.15) is 43.5 Å². The zero-order chi connectivity index (χ0) is 22.8. The van der Waals surface area contributed by atoms with Gasteiger partial charge in [0.25, 0.3) is 0 Å². The van der Waals surface area contributed by atoms with Crippen molar-refractivity contribution in [2.45, 2.75) is 31.8 Å². The molecular weight excluding hydrogens is 418 g/mol. The molecule has 4 heterocycles. The number of aromatic amines is 1. The number of benzene rings is 1. The fourth-order valence-electron chi connectivity index (χ4n) is 4.05. The van der Waals surface area contributed by atoms with Crippen LogP contribution in [0.2, 0.25) is 0 Å². The van der Waals surface area contributed by atoms with E-state index in [4.69, 9.17) is 11.7 Å². The molecule has 6 N–H and O–H groups in total. The van der Waals surface area contributed by atoms with E-state index >= 15 is 0 Å². The Kier molecular flexibility index (Phi) is 5.53. The van der Waals surface area contributed by atoms with Crippen molar-refractivity contribution in [3.63, 3.8) is 0 Å². The van der Waals surface area contributed by atoms with Crippen molar-refractivity contribution in [2.24, 2.45) is 16.2 Å². The zero-order valence-corrected chi connectivity index (χ0v) is 18.2. The first kappa shape index (κ1) is 20.8. The van der Waals surface area contributed by atoms with Crippen molar-refractivity contribution >= 4 is 0 Å². The van der Waals surface area contributed by atoms with Gasteiger partial charge in [-0.15, -0.1) is 10.2 Å². The molecule has 0 unspecified atom stereocenters. The molecule has 0 amide bonds. The summed E-state index contributed by atoms with van der Waals surface area (Å²) in [6.07, 6.45) is 5.79. The van der Waals surface area contributed by atoms with E-state index in [1.165, 1.54) is 11.1 Å². The van der Waals surface area contributed by atoms with Crippen LogP contribution in [0.25, 0.3) is 33.9 Å². The lowest BCUT2D eigenvalue weighted by atomic mass is 10.1. The molecule has 0 aliphatic carbocycles. The predicted molar refractivity (Wildman–Crippen MR) is 124 cm³/mol. The van der Waals surface area contributed by atoms with E-state index in [0.29, 0.717) is 11.9 Å². The third kappa shape index (κ3) is 4.05. The molecule has 33 heavy (non-hydrogen) atoms. The van der Waals surface area contributed by atoms with Gasteiger partial charge >= 0.3 is 0 Å². The van der Waals surface area contributed by atoms with Gasteiger partial charge in [0.1, 0.15) is 17.6 Å². The van der Waals surface area contributed by atoms with Gasteiger partial charge in [0.15, 0.2) is 5.82 Å². The molecule has 4 aromatic rings. The maximum atomic E-state index is 6.21. The van der Waals surface area contributed by atoms with Crippen molar-refractivity contribution in [1.82, 2.24) is 35.1 Å². The molecule has 1 aromatic carbocycles. The number of rotatable bonds is 6. The Morgan fingerprint density at radius 2 is 1.79 bits per heavy atom. The molecule has 0 spiro atoms. The Balaban J connectivity index is 1.33. The molecule has 3 aromatic heterocycles. The van der Waals surface area contributed by atoms with Crippen molar-refractivity contribution < 1.29 is 0 Å². The topological polar surface area (TPSA) is 161 Å². The molecule has 1 aliphatic rings. The van der Waals surface area contributed by atoms with Gasteiger partial charge in [0.05, 0.1) is 35.5 Å². The lowest BCUT2D eigenvalue weighted by molar-refractivity contribution is 0.613. The number of H-pyrrole nitrogens is 1. The van der Waals surface area contributed by atoms with Crippen molar-refractivity contribution in [2.75, 3.05) is 12.4 Å². The minimum atomic E-state index is -0.331. The van der Waals surface area contributed by atoms with Gasteiger partial charge in [-0.2, -0.15) is 5.11 Å².